The van der Waals surface area contributed by atoms with Gasteiger partial charge < -0.3 is 40.3 Å². The minimum atomic E-state index is -1.55. The smallest absolute Gasteiger partial charge is 0.220 e. The van der Waals surface area contributed by atoms with Crippen LogP contribution >= 0.6 is 0 Å². The Morgan fingerprint density at radius 1 is 0.435 bits per heavy atom. The topological polar surface area (TPSA) is 149 Å². The normalized spacial score (nSPS) is 19.3. The summed E-state index contributed by atoms with van der Waals surface area (Å²) in [6.45, 7) is 3.89. The summed E-state index contributed by atoms with van der Waals surface area (Å²) >= 11 is 0. The van der Waals surface area contributed by atoms with E-state index in [1.165, 1.54) is 257 Å². The average Bonchev–Trinajstić information content (AvgIpc) is 3.35. The predicted molar refractivity (Wildman–Crippen MR) is 291 cm³/mol. The maximum Gasteiger partial charge on any atom is 0.220 e. The lowest BCUT2D eigenvalue weighted by Crippen LogP contribution is -2.60. The van der Waals surface area contributed by atoms with E-state index in [-0.39, 0.29) is 12.5 Å². The number of aliphatic hydroxyl groups is 5. The second kappa shape index (κ2) is 50.7. The van der Waals surface area contributed by atoms with Gasteiger partial charge in [0, 0.05) is 6.42 Å². The van der Waals surface area contributed by atoms with Crippen LogP contribution in [-0.2, 0) is 14.3 Å². The Kier molecular flexibility index (Phi) is 48.7. The van der Waals surface area contributed by atoms with Crippen LogP contribution < -0.4 is 5.32 Å². The Hall–Kier alpha value is -0.810. The van der Waals surface area contributed by atoms with Crippen molar-refractivity contribution in [3.63, 3.8) is 0 Å². The molecular weight excluding hydrogens is 863 g/mol. The molecule has 1 amide bonds. The van der Waals surface area contributed by atoms with Crippen LogP contribution in [-0.4, -0.2) is 87.5 Å². The number of nitrogens with one attached hydrogen (secondary N) is 1. The van der Waals surface area contributed by atoms with Crippen LogP contribution in [0.15, 0.2) is 0 Å². The molecule has 0 aromatic rings. The van der Waals surface area contributed by atoms with Crippen LogP contribution in [0.5, 0.6) is 0 Å². The molecule has 1 heterocycles. The zero-order chi connectivity index (χ0) is 50.1. The number of unbranched alkanes of at least 4 members (excludes halogenated alkanes) is 44. The maximum atomic E-state index is 13.1. The first kappa shape index (κ1) is 66.2. The quantitative estimate of drug-likeness (QED) is 0.0330. The lowest BCUT2D eigenvalue weighted by Gasteiger charge is -2.40. The van der Waals surface area contributed by atoms with Crippen molar-refractivity contribution in [3.8, 4) is 0 Å². The number of amides is 1. The molecular formula is C60H119NO8. The van der Waals surface area contributed by atoms with Gasteiger partial charge in [0.2, 0.25) is 5.91 Å². The first-order valence-electron chi connectivity index (χ1n) is 30.7. The first-order valence-corrected chi connectivity index (χ1v) is 30.7. The van der Waals surface area contributed by atoms with Crippen molar-refractivity contribution in [2.45, 2.75) is 365 Å². The molecule has 0 spiro atoms. The Bertz CT molecular complexity index is 1050. The van der Waals surface area contributed by atoms with E-state index in [9.17, 15) is 30.3 Å². The molecule has 0 aliphatic carbocycles. The van der Waals surface area contributed by atoms with E-state index >= 15 is 0 Å². The molecule has 1 aliphatic rings. The summed E-state index contributed by atoms with van der Waals surface area (Å²) in [4.78, 5) is 13.1. The van der Waals surface area contributed by atoms with Gasteiger partial charge >= 0.3 is 0 Å². The van der Waals surface area contributed by atoms with Crippen molar-refractivity contribution in [2.75, 3.05) is 13.2 Å². The van der Waals surface area contributed by atoms with Gasteiger partial charge in [-0.2, -0.15) is 0 Å². The number of aliphatic hydroxyl groups excluding tert-OH is 5. The summed E-state index contributed by atoms with van der Waals surface area (Å²) in [5.74, 6) is -0.135. The van der Waals surface area contributed by atoms with Gasteiger partial charge in [-0.05, 0) is 12.8 Å². The summed E-state index contributed by atoms with van der Waals surface area (Å²) in [6.07, 6.45) is 54.3. The zero-order valence-electron chi connectivity index (χ0n) is 45.9. The van der Waals surface area contributed by atoms with E-state index in [1.807, 2.05) is 0 Å². The van der Waals surface area contributed by atoms with Crippen molar-refractivity contribution < 1.29 is 39.8 Å². The van der Waals surface area contributed by atoms with Gasteiger partial charge in [0.25, 0.3) is 0 Å². The zero-order valence-corrected chi connectivity index (χ0v) is 45.9. The van der Waals surface area contributed by atoms with Gasteiger partial charge in [-0.1, -0.05) is 303 Å². The largest absolute Gasteiger partial charge is 0.394 e. The molecule has 0 aromatic heterocycles. The molecule has 9 heteroatoms. The fourth-order valence-electron chi connectivity index (χ4n) is 10.3. The van der Waals surface area contributed by atoms with Crippen LogP contribution in [0.25, 0.3) is 0 Å². The van der Waals surface area contributed by atoms with E-state index in [2.05, 4.69) is 19.2 Å². The fraction of sp³-hybridized carbons (Fsp3) is 0.983. The number of carbonyl (C=O) groups is 1. The minimum Gasteiger partial charge on any atom is -0.394 e. The highest BCUT2D eigenvalue weighted by Gasteiger charge is 2.44. The van der Waals surface area contributed by atoms with Gasteiger partial charge in [-0.15, -0.1) is 0 Å². The van der Waals surface area contributed by atoms with Gasteiger partial charge in [0.1, 0.15) is 24.4 Å². The molecule has 6 N–H and O–H groups in total. The highest BCUT2D eigenvalue weighted by Crippen LogP contribution is 2.24. The lowest BCUT2D eigenvalue weighted by atomic mass is 9.99. The van der Waals surface area contributed by atoms with Gasteiger partial charge in [0.05, 0.1) is 25.4 Å². The van der Waals surface area contributed by atoms with Crippen LogP contribution in [0.1, 0.15) is 322 Å². The molecule has 9 nitrogen and oxygen atoms in total. The Balaban J connectivity index is 2.13. The number of rotatable bonds is 54. The molecule has 1 saturated heterocycles. The van der Waals surface area contributed by atoms with Crippen molar-refractivity contribution in [1.29, 1.82) is 0 Å². The molecule has 69 heavy (non-hydrogen) atoms. The monoisotopic (exact) mass is 982 g/mol. The lowest BCUT2D eigenvalue weighted by molar-refractivity contribution is -0.302. The Labute approximate surface area is 427 Å². The predicted octanol–water partition coefficient (Wildman–Crippen LogP) is 15.4. The molecule has 412 valence electrons. The number of carbonyl (C=O) groups excluding carboxylic acids is 1. The Morgan fingerprint density at radius 3 is 1.03 bits per heavy atom. The number of hydrogen-bond acceptors (Lipinski definition) is 8. The molecule has 1 fully saturated rings. The number of hydrogen-bond donors (Lipinski definition) is 6. The van der Waals surface area contributed by atoms with E-state index in [1.54, 1.807) is 0 Å². The SMILES string of the molecule is CCCCCCCCCCCCCCCCCCCCCCCCCCCCCCC(=O)NC(COC1OC(CO)C(O)C(O)C1O)C(O)CCCCCCCCCCCCCCCCCCCC. The second-order valence-corrected chi connectivity index (χ2v) is 21.9. The highest BCUT2D eigenvalue weighted by atomic mass is 16.7. The van der Waals surface area contributed by atoms with E-state index in [0.717, 1.165) is 38.5 Å². The molecule has 7 unspecified atom stereocenters. The van der Waals surface area contributed by atoms with Gasteiger partial charge in [-0.25, -0.2) is 0 Å². The Morgan fingerprint density at radius 2 is 0.725 bits per heavy atom. The third kappa shape index (κ3) is 40.3. The third-order valence-electron chi connectivity index (χ3n) is 15.2. The van der Waals surface area contributed by atoms with Crippen LogP contribution in [0.4, 0.5) is 0 Å². The van der Waals surface area contributed by atoms with Gasteiger partial charge in [-0.3, -0.25) is 4.79 Å². The van der Waals surface area contributed by atoms with E-state index in [4.69, 9.17) is 9.47 Å². The fourth-order valence-corrected chi connectivity index (χ4v) is 10.3. The van der Waals surface area contributed by atoms with Crippen LogP contribution in [0.3, 0.4) is 0 Å². The maximum absolute atomic E-state index is 13.1. The number of ether oxygens (including phenoxy) is 2. The highest BCUT2D eigenvalue weighted by molar-refractivity contribution is 5.76. The van der Waals surface area contributed by atoms with Crippen LogP contribution in [0, 0.1) is 0 Å². The second-order valence-electron chi connectivity index (χ2n) is 21.9. The molecule has 0 aromatic carbocycles. The van der Waals surface area contributed by atoms with Crippen molar-refractivity contribution in [2.24, 2.45) is 0 Å². The van der Waals surface area contributed by atoms with Crippen LogP contribution in [0.2, 0.25) is 0 Å². The summed E-state index contributed by atoms with van der Waals surface area (Å²) in [5.41, 5.74) is 0. The summed E-state index contributed by atoms with van der Waals surface area (Å²) < 4.78 is 11.3. The van der Waals surface area contributed by atoms with E-state index < -0.39 is 49.5 Å². The molecule has 0 radical (unpaired) electrons. The molecule has 0 saturated carbocycles. The molecule has 1 rings (SSSR count). The standard InChI is InChI=1S/C60H119NO8/c1-3-5-7-9-11-13-15-17-19-21-23-24-25-26-27-28-29-30-31-32-34-36-38-40-42-44-46-48-50-56(64)61-53(52-68-60-59(67)58(66)57(65)55(51-62)69-60)54(63)49-47-45-43-41-39-37-35-33-22-20-18-16-14-12-10-8-6-4-2/h53-55,57-60,62-63,65-67H,3-52H2,1-2H3,(H,61,64). The molecule has 0 bridgehead atoms. The van der Waals surface area contributed by atoms with Crippen molar-refractivity contribution >= 4 is 5.91 Å². The average molecular weight is 983 g/mol. The summed E-state index contributed by atoms with van der Waals surface area (Å²) in [5, 5.41) is 54.7. The van der Waals surface area contributed by atoms with Crippen molar-refractivity contribution in [3.05, 3.63) is 0 Å². The summed E-state index contributed by atoms with van der Waals surface area (Å²) in [6, 6.07) is -0.713. The third-order valence-corrected chi connectivity index (χ3v) is 15.2. The van der Waals surface area contributed by atoms with Gasteiger partial charge in [0.15, 0.2) is 6.29 Å². The summed E-state index contributed by atoms with van der Waals surface area (Å²) in [7, 11) is 0. The van der Waals surface area contributed by atoms with Crippen molar-refractivity contribution in [1.82, 2.24) is 5.32 Å². The molecule has 7 atom stereocenters. The molecule has 1 aliphatic heterocycles. The van der Waals surface area contributed by atoms with E-state index in [0.29, 0.717) is 12.8 Å². The minimum absolute atomic E-state index is 0.131. The first-order chi connectivity index (χ1) is 33.8.